The topological polar surface area (TPSA) is 54.9 Å². The van der Waals surface area contributed by atoms with Crippen LogP contribution >= 0.6 is 0 Å². The molecule has 0 unspecified atom stereocenters. The van der Waals surface area contributed by atoms with E-state index >= 15 is 0 Å². The van der Waals surface area contributed by atoms with Crippen LogP contribution in [0.4, 0.5) is 8.78 Å². The zero-order valence-electron chi connectivity index (χ0n) is 8.61. The molecule has 1 aromatic carbocycles. The molecular weight excluding hydrogens is 230 g/mol. The number of hydrogen-bond donors (Lipinski definition) is 1. The van der Waals surface area contributed by atoms with E-state index in [-0.39, 0.29) is 6.54 Å². The second-order valence-electron chi connectivity index (χ2n) is 3.52. The van der Waals surface area contributed by atoms with Crippen LogP contribution in [0.25, 0.3) is 0 Å². The summed E-state index contributed by atoms with van der Waals surface area (Å²) in [4.78, 5) is 24.2. The van der Waals surface area contributed by atoms with Gasteiger partial charge in [0.2, 0.25) is 0 Å². The zero-order chi connectivity index (χ0) is 12.4. The fourth-order valence-corrected chi connectivity index (χ4v) is 1.47. The zero-order valence-corrected chi connectivity index (χ0v) is 8.61. The summed E-state index contributed by atoms with van der Waals surface area (Å²) in [6.45, 7) is -0.00963. The summed E-state index contributed by atoms with van der Waals surface area (Å²) in [6, 6.07) is 4.16. The smallest absolute Gasteiger partial charge is 0.296 e. The van der Waals surface area contributed by atoms with E-state index in [1.54, 1.807) is 0 Å². The van der Waals surface area contributed by atoms with Crippen molar-refractivity contribution in [1.82, 2.24) is 9.55 Å². The van der Waals surface area contributed by atoms with Gasteiger partial charge >= 0.3 is 5.69 Å². The average Bonchev–Trinajstić information content (AvgIpc) is 2.21. The highest BCUT2D eigenvalue weighted by atomic mass is 19.1. The monoisotopic (exact) mass is 238 g/mol. The summed E-state index contributed by atoms with van der Waals surface area (Å²) >= 11 is 0. The van der Waals surface area contributed by atoms with Crippen LogP contribution in [0, 0.1) is 11.6 Å². The molecule has 88 valence electrons. The first-order valence-corrected chi connectivity index (χ1v) is 4.79. The molecule has 0 amide bonds. The Bertz CT molecular complexity index is 641. The fraction of sp³-hybridized carbons (Fsp3) is 0.0909. The highest BCUT2D eigenvalue weighted by Crippen LogP contribution is 2.08. The quantitative estimate of drug-likeness (QED) is 0.843. The van der Waals surface area contributed by atoms with Gasteiger partial charge in [-0.05, 0) is 17.7 Å². The molecule has 0 spiro atoms. The number of nitrogens with zero attached hydrogens (tertiary/aromatic N) is 1. The first-order valence-electron chi connectivity index (χ1n) is 4.79. The molecule has 1 heterocycles. The molecule has 1 N–H and O–H groups in total. The standard InChI is InChI=1S/C11H8F2N2O2/c12-8-3-7(4-9(13)5-8)6-15-2-1-10(16)14-11(15)17/h1-5H,6H2,(H,14,16,17). The van der Waals surface area contributed by atoms with E-state index < -0.39 is 22.9 Å². The van der Waals surface area contributed by atoms with Gasteiger partial charge < -0.3 is 0 Å². The lowest BCUT2D eigenvalue weighted by molar-refractivity contribution is 0.576. The lowest BCUT2D eigenvalue weighted by Gasteiger charge is -2.04. The fourth-order valence-electron chi connectivity index (χ4n) is 1.47. The predicted molar refractivity (Wildman–Crippen MR) is 56.8 cm³/mol. The van der Waals surface area contributed by atoms with E-state index in [0.29, 0.717) is 5.56 Å². The Labute approximate surface area is 94.2 Å². The van der Waals surface area contributed by atoms with Gasteiger partial charge in [0.15, 0.2) is 0 Å². The first kappa shape index (κ1) is 11.3. The maximum Gasteiger partial charge on any atom is 0.328 e. The van der Waals surface area contributed by atoms with Gasteiger partial charge in [0.1, 0.15) is 11.6 Å². The minimum atomic E-state index is -0.711. The van der Waals surface area contributed by atoms with Crippen LogP contribution in [-0.4, -0.2) is 9.55 Å². The second kappa shape index (κ2) is 4.32. The third-order valence-corrected chi connectivity index (χ3v) is 2.17. The highest BCUT2D eigenvalue weighted by Gasteiger charge is 2.03. The van der Waals surface area contributed by atoms with Crippen LogP contribution in [-0.2, 0) is 6.54 Å². The molecule has 17 heavy (non-hydrogen) atoms. The van der Waals surface area contributed by atoms with Crippen LogP contribution < -0.4 is 11.2 Å². The van der Waals surface area contributed by atoms with E-state index in [2.05, 4.69) is 4.98 Å². The van der Waals surface area contributed by atoms with Crippen molar-refractivity contribution < 1.29 is 8.78 Å². The number of benzene rings is 1. The second-order valence-corrected chi connectivity index (χ2v) is 3.52. The summed E-state index contributed by atoms with van der Waals surface area (Å²) in [7, 11) is 0. The Kier molecular flexibility index (Phi) is 2.86. The van der Waals surface area contributed by atoms with E-state index in [1.165, 1.54) is 6.20 Å². The molecule has 0 atom stereocenters. The number of H-pyrrole nitrogens is 1. The number of nitrogens with one attached hydrogen (secondary N) is 1. The van der Waals surface area contributed by atoms with Crippen LogP contribution in [0.2, 0.25) is 0 Å². The van der Waals surface area contributed by atoms with Gasteiger partial charge in [0.05, 0.1) is 6.54 Å². The van der Waals surface area contributed by atoms with Crippen molar-refractivity contribution in [3.8, 4) is 0 Å². The molecule has 4 nitrogen and oxygen atoms in total. The number of aromatic nitrogens is 2. The molecular formula is C11H8F2N2O2. The summed E-state index contributed by atoms with van der Waals surface area (Å²) in [5.74, 6) is -1.42. The molecule has 2 aromatic rings. The lowest BCUT2D eigenvalue weighted by Crippen LogP contribution is -2.28. The lowest BCUT2D eigenvalue weighted by atomic mass is 10.2. The van der Waals surface area contributed by atoms with Crippen LogP contribution in [0.1, 0.15) is 5.56 Å². The Morgan fingerprint density at radius 2 is 1.76 bits per heavy atom. The van der Waals surface area contributed by atoms with Crippen molar-refractivity contribution in [2.45, 2.75) is 6.54 Å². The van der Waals surface area contributed by atoms with E-state index in [4.69, 9.17) is 0 Å². The van der Waals surface area contributed by atoms with Gasteiger partial charge in [0, 0.05) is 18.3 Å². The molecule has 0 bridgehead atoms. The summed E-state index contributed by atoms with van der Waals surface area (Å²) in [5.41, 5.74) is -0.838. The predicted octanol–water partition coefficient (Wildman–Crippen LogP) is 0.863. The minimum Gasteiger partial charge on any atom is -0.296 e. The first-order chi connectivity index (χ1) is 8.04. The molecule has 0 fully saturated rings. The maximum atomic E-state index is 12.9. The van der Waals surface area contributed by atoms with Gasteiger partial charge in [-0.15, -0.1) is 0 Å². The molecule has 0 aliphatic carbocycles. The van der Waals surface area contributed by atoms with E-state index in [0.717, 1.165) is 28.8 Å². The van der Waals surface area contributed by atoms with Gasteiger partial charge in [-0.1, -0.05) is 0 Å². The molecule has 0 saturated carbocycles. The van der Waals surface area contributed by atoms with Crippen molar-refractivity contribution in [3.05, 3.63) is 68.5 Å². The van der Waals surface area contributed by atoms with Crippen LogP contribution in [0.3, 0.4) is 0 Å². The molecule has 0 aliphatic heterocycles. The minimum absolute atomic E-state index is 0.00963. The Morgan fingerprint density at radius 1 is 1.12 bits per heavy atom. The molecule has 2 rings (SSSR count). The van der Waals surface area contributed by atoms with Gasteiger partial charge in [-0.3, -0.25) is 14.3 Å². The Balaban J connectivity index is 2.38. The van der Waals surface area contributed by atoms with Crippen molar-refractivity contribution >= 4 is 0 Å². The average molecular weight is 238 g/mol. The molecule has 0 radical (unpaired) electrons. The number of rotatable bonds is 2. The third kappa shape index (κ3) is 2.66. The summed E-state index contributed by atoms with van der Waals surface area (Å²) < 4.78 is 27.0. The SMILES string of the molecule is O=c1ccn(Cc2cc(F)cc(F)c2)c(=O)[nH]1. The van der Waals surface area contributed by atoms with E-state index in [1.807, 2.05) is 0 Å². The number of aromatic amines is 1. The third-order valence-electron chi connectivity index (χ3n) is 2.17. The molecule has 0 aliphatic rings. The number of hydrogen-bond acceptors (Lipinski definition) is 2. The summed E-state index contributed by atoms with van der Waals surface area (Å²) in [6.07, 6.45) is 1.27. The molecule has 0 saturated heterocycles. The largest absolute Gasteiger partial charge is 0.328 e. The maximum absolute atomic E-state index is 12.9. The Morgan fingerprint density at radius 3 is 2.35 bits per heavy atom. The van der Waals surface area contributed by atoms with Crippen molar-refractivity contribution in [2.24, 2.45) is 0 Å². The van der Waals surface area contributed by atoms with Crippen molar-refractivity contribution in [2.75, 3.05) is 0 Å². The van der Waals surface area contributed by atoms with E-state index in [9.17, 15) is 18.4 Å². The Hall–Kier alpha value is -2.24. The number of halogens is 2. The normalized spacial score (nSPS) is 10.5. The van der Waals surface area contributed by atoms with Gasteiger partial charge in [-0.25, -0.2) is 13.6 Å². The van der Waals surface area contributed by atoms with Crippen molar-refractivity contribution in [1.29, 1.82) is 0 Å². The molecule has 1 aromatic heterocycles. The van der Waals surface area contributed by atoms with Crippen LogP contribution in [0.5, 0.6) is 0 Å². The molecule has 6 heteroatoms. The van der Waals surface area contributed by atoms with Gasteiger partial charge in [0.25, 0.3) is 5.56 Å². The summed E-state index contributed by atoms with van der Waals surface area (Å²) in [5, 5.41) is 0. The van der Waals surface area contributed by atoms with Gasteiger partial charge in [-0.2, -0.15) is 0 Å². The van der Waals surface area contributed by atoms with Crippen LogP contribution in [0.15, 0.2) is 40.1 Å². The van der Waals surface area contributed by atoms with Crippen molar-refractivity contribution in [3.63, 3.8) is 0 Å². The highest BCUT2D eigenvalue weighted by molar-refractivity contribution is 5.18.